The number of rotatable bonds is 4. The molecule has 2 unspecified atom stereocenters. The van der Waals surface area contributed by atoms with Gasteiger partial charge in [-0.2, -0.15) is 4.98 Å². The Morgan fingerprint density at radius 1 is 1.42 bits per heavy atom. The number of aromatic nitrogens is 2. The Labute approximate surface area is 114 Å². The van der Waals surface area contributed by atoms with Crippen LogP contribution in [0.5, 0.6) is 0 Å². The van der Waals surface area contributed by atoms with Crippen LogP contribution in [0.3, 0.4) is 0 Å². The van der Waals surface area contributed by atoms with E-state index in [-0.39, 0.29) is 5.54 Å². The zero-order valence-corrected chi connectivity index (χ0v) is 11.7. The van der Waals surface area contributed by atoms with Crippen molar-refractivity contribution in [3.63, 3.8) is 0 Å². The summed E-state index contributed by atoms with van der Waals surface area (Å²) in [7, 11) is 0. The predicted molar refractivity (Wildman–Crippen MR) is 70.9 cm³/mol. The van der Waals surface area contributed by atoms with Crippen LogP contribution >= 0.6 is 0 Å². The highest BCUT2D eigenvalue weighted by Gasteiger charge is 2.40. The quantitative estimate of drug-likeness (QED) is 0.905. The monoisotopic (exact) mass is 265 g/mol. The molecule has 1 aromatic rings. The van der Waals surface area contributed by atoms with E-state index in [0.717, 1.165) is 63.6 Å². The van der Waals surface area contributed by atoms with Gasteiger partial charge in [-0.05, 0) is 38.6 Å². The molecule has 0 aromatic carbocycles. The van der Waals surface area contributed by atoms with Gasteiger partial charge < -0.3 is 14.6 Å². The summed E-state index contributed by atoms with van der Waals surface area (Å²) in [4.78, 5) is 4.69. The Morgan fingerprint density at radius 3 is 3.05 bits per heavy atom. The fraction of sp³-hybridized carbons (Fsp3) is 0.857. The Kier molecular flexibility index (Phi) is 3.84. The summed E-state index contributed by atoms with van der Waals surface area (Å²) in [6.45, 7) is 4.84. The first-order valence-electron chi connectivity index (χ1n) is 7.51. The molecule has 2 saturated heterocycles. The van der Waals surface area contributed by atoms with Gasteiger partial charge in [-0.1, -0.05) is 18.5 Å². The predicted octanol–water partition coefficient (Wildman–Crippen LogP) is 2.34. The smallest absolute Gasteiger partial charge is 0.246 e. The second-order valence-electron chi connectivity index (χ2n) is 5.73. The molecule has 2 aliphatic rings. The molecule has 5 heteroatoms. The van der Waals surface area contributed by atoms with E-state index < -0.39 is 0 Å². The Hall–Kier alpha value is -0.940. The normalized spacial score (nSPS) is 31.7. The maximum absolute atomic E-state index is 5.58. The third-order valence-electron chi connectivity index (χ3n) is 4.30. The first-order chi connectivity index (χ1) is 9.34. The molecule has 2 aliphatic heterocycles. The molecule has 106 valence electrons. The Morgan fingerprint density at radius 2 is 2.37 bits per heavy atom. The van der Waals surface area contributed by atoms with E-state index in [2.05, 4.69) is 22.4 Å². The van der Waals surface area contributed by atoms with Gasteiger partial charge in [-0.25, -0.2) is 0 Å². The summed E-state index contributed by atoms with van der Waals surface area (Å²) in [5, 5.41) is 7.78. The van der Waals surface area contributed by atoms with Crippen molar-refractivity contribution in [3.05, 3.63) is 11.7 Å². The molecule has 2 fully saturated rings. The lowest BCUT2D eigenvalue weighted by atomic mass is 9.91. The maximum Gasteiger partial charge on any atom is 0.246 e. The van der Waals surface area contributed by atoms with Crippen molar-refractivity contribution in [1.29, 1.82) is 0 Å². The third kappa shape index (κ3) is 2.54. The van der Waals surface area contributed by atoms with Gasteiger partial charge in [0, 0.05) is 12.5 Å². The highest BCUT2D eigenvalue weighted by molar-refractivity contribution is 5.08. The van der Waals surface area contributed by atoms with Gasteiger partial charge in [0.25, 0.3) is 0 Å². The summed E-state index contributed by atoms with van der Waals surface area (Å²) in [5.74, 6) is 1.93. The van der Waals surface area contributed by atoms with Crippen molar-refractivity contribution in [2.24, 2.45) is 0 Å². The molecule has 1 N–H and O–H groups in total. The number of hydrogen-bond donors (Lipinski definition) is 1. The second-order valence-corrected chi connectivity index (χ2v) is 5.73. The minimum absolute atomic E-state index is 0.0739. The van der Waals surface area contributed by atoms with Gasteiger partial charge in [0.1, 0.15) is 0 Å². The summed E-state index contributed by atoms with van der Waals surface area (Å²) in [5.41, 5.74) is -0.0739. The molecule has 1 aromatic heterocycles. The first kappa shape index (κ1) is 13.1. The van der Waals surface area contributed by atoms with Crippen molar-refractivity contribution in [1.82, 2.24) is 15.5 Å². The number of ether oxygens (including phenoxy) is 1. The Bertz CT molecular complexity index is 407. The Balaban J connectivity index is 1.79. The van der Waals surface area contributed by atoms with Crippen LogP contribution < -0.4 is 5.32 Å². The van der Waals surface area contributed by atoms with E-state index in [4.69, 9.17) is 9.26 Å². The van der Waals surface area contributed by atoms with E-state index in [1.807, 2.05) is 0 Å². The van der Waals surface area contributed by atoms with E-state index in [1.54, 1.807) is 0 Å². The van der Waals surface area contributed by atoms with Gasteiger partial charge in [0.2, 0.25) is 5.89 Å². The summed E-state index contributed by atoms with van der Waals surface area (Å²) >= 11 is 0. The summed E-state index contributed by atoms with van der Waals surface area (Å²) in [6, 6.07) is 0. The molecule has 2 atom stereocenters. The fourth-order valence-corrected chi connectivity index (χ4v) is 3.28. The molecule has 3 heterocycles. The van der Waals surface area contributed by atoms with Crippen LogP contribution in [0.4, 0.5) is 0 Å². The van der Waals surface area contributed by atoms with Crippen LogP contribution in [0.15, 0.2) is 4.52 Å². The van der Waals surface area contributed by atoms with Crippen LogP contribution in [0.1, 0.15) is 63.1 Å². The highest BCUT2D eigenvalue weighted by atomic mass is 16.5. The minimum atomic E-state index is -0.0739. The standard InChI is InChI=1S/C14H23N3O2/c1-2-6-14(7-4-8-15-14)13-16-12(17-19-13)11-5-3-9-18-10-11/h11,15H,2-10H2,1H3. The molecular weight excluding hydrogens is 242 g/mol. The molecule has 0 spiro atoms. The van der Waals surface area contributed by atoms with E-state index in [0.29, 0.717) is 5.92 Å². The molecule has 0 radical (unpaired) electrons. The molecule has 3 rings (SSSR count). The van der Waals surface area contributed by atoms with Crippen molar-refractivity contribution in [2.75, 3.05) is 19.8 Å². The summed E-state index contributed by atoms with van der Waals surface area (Å²) in [6.07, 6.45) is 6.67. The molecular formula is C14H23N3O2. The zero-order valence-electron chi connectivity index (χ0n) is 11.7. The van der Waals surface area contributed by atoms with Gasteiger partial charge in [0.15, 0.2) is 5.82 Å². The van der Waals surface area contributed by atoms with Gasteiger partial charge in [-0.15, -0.1) is 0 Å². The van der Waals surface area contributed by atoms with Crippen molar-refractivity contribution >= 4 is 0 Å². The highest BCUT2D eigenvalue weighted by Crippen LogP contribution is 2.35. The van der Waals surface area contributed by atoms with Crippen LogP contribution in [0.25, 0.3) is 0 Å². The SMILES string of the molecule is CCCC1(c2nc(C3CCCOC3)no2)CCCN1. The molecule has 0 bridgehead atoms. The molecule has 5 nitrogen and oxygen atoms in total. The van der Waals surface area contributed by atoms with Crippen molar-refractivity contribution < 1.29 is 9.26 Å². The number of nitrogens with one attached hydrogen (secondary N) is 1. The van der Waals surface area contributed by atoms with Gasteiger partial charge in [-0.3, -0.25) is 0 Å². The lowest BCUT2D eigenvalue weighted by molar-refractivity contribution is 0.0773. The van der Waals surface area contributed by atoms with E-state index >= 15 is 0 Å². The number of nitrogens with zero attached hydrogens (tertiary/aromatic N) is 2. The fourth-order valence-electron chi connectivity index (χ4n) is 3.28. The largest absolute Gasteiger partial charge is 0.381 e. The molecule has 0 saturated carbocycles. The average Bonchev–Trinajstić information content (AvgIpc) is 3.09. The van der Waals surface area contributed by atoms with Crippen molar-refractivity contribution in [3.8, 4) is 0 Å². The molecule has 19 heavy (non-hydrogen) atoms. The molecule has 0 aliphatic carbocycles. The number of hydrogen-bond acceptors (Lipinski definition) is 5. The van der Waals surface area contributed by atoms with E-state index in [1.165, 1.54) is 6.42 Å². The second kappa shape index (κ2) is 5.59. The first-order valence-corrected chi connectivity index (χ1v) is 7.51. The van der Waals surface area contributed by atoms with Gasteiger partial charge >= 0.3 is 0 Å². The van der Waals surface area contributed by atoms with Crippen LogP contribution in [-0.4, -0.2) is 29.9 Å². The molecule has 0 amide bonds. The van der Waals surface area contributed by atoms with Crippen molar-refractivity contribution in [2.45, 2.75) is 56.9 Å². The van der Waals surface area contributed by atoms with E-state index in [9.17, 15) is 0 Å². The van der Waals surface area contributed by atoms with Gasteiger partial charge in [0.05, 0.1) is 12.1 Å². The van der Waals surface area contributed by atoms with Crippen LogP contribution in [0, 0.1) is 0 Å². The minimum Gasteiger partial charge on any atom is -0.381 e. The third-order valence-corrected chi connectivity index (χ3v) is 4.30. The average molecular weight is 265 g/mol. The maximum atomic E-state index is 5.58. The van der Waals surface area contributed by atoms with Crippen LogP contribution in [-0.2, 0) is 10.3 Å². The summed E-state index contributed by atoms with van der Waals surface area (Å²) < 4.78 is 11.1. The van der Waals surface area contributed by atoms with Crippen LogP contribution in [0.2, 0.25) is 0 Å². The lowest BCUT2D eigenvalue weighted by Crippen LogP contribution is -2.37. The topological polar surface area (TPSA) is 60.2 Å². The lowest BCUT2D eigenvalue weighted by Gasteiger charge is -2.24. The zero-order chi connectivity index (χ0) is 13.1.